The Morgan fingerprint density at radius 1 is 0.941 bits per heavy atom. The molecule has 0 radical (unpaired) electrons. The highest BCUT2D eigenvalue weighted by Crippen LogP contribution is 2.22. The predicted octanol–water partition coefficient (Wildman–Crippen LogP) is 5.58. The van der Waals surface area contributed by atoms with Gasteiger partial charge in [-0.2, -0.15) is 0 Å². The van der Waals surface area contributed by atoms with Gasteiger partial charge in [-0.3, -0.25) is 9.59 Å². The molecule has 0 aliphatic carbocycles. The number of rotatable bonds is 10. The lowest BCUT2D eigenvalue weighted by atomic mass is 10.0. The minimum atomic E-state index is -0.785. The topological polar surface area (TPSA) is 49.4 Å². The van der Waals surface area contributed by atoms with Crippen molar-refractivity contribution in [1.29, 1.82) is 0 Å². The van der Waals surface area contributed by atoms with Gasteiger partial charge in [0.2, 0.25) is 11.8 Å². The van der Waals surface area contributed by atoms with Crippen LogP contribution in [-0.4, -0.2) is 28.8 Å². The molecule has 34 heavy (non-hydrogen) atoms. The molecule has 0 aliphatic rings. The Hall–Kier alpha value is -3.18. The maximum atomic E-state index is 14.4. The minimum absolute atomic E-state index is 0.0467. The van der Waals surface area contributed by atoms with Crippen molar-refractivity contribution in [2.45, 2.75) is 51.7 Å². The summed E-state index contributed by atoms with van der Waals surface area (Å²) in [5.41, 5.74) is 1.94. The van der Waals surface area contributed by atoms with Gasteiger partial charge in [-0.1, -0.05) is 85.3 Å². The molecule has 0 aromatic heterocycles. The average molecular weight is 481 g/mol. The van der Waals surface area contributed by atoms with Gasteiger partial charge in [-0.15, -0.1) is 0 Å². The minimum Gasteiger partial charge on any atom is -0.352 e. The quantitative estimate of drug-likeness (QED) is 0.412. The van der Waals surface area contributed by atoms with E-state index in [4.69, 9.17) is 11.6 Å². The van der Waals surface area contributed by atoms with E-state index in [0.717, 1.165) is 17.5 Å². The first-order chi connectivity index (χ1) is 16.4. The summed E-state index contributed by atoms with van der Waals surface area (Å²) >= 11 is 6.41. The van der Waals surface area contributed by atoms with Gasteiger partial charge in [-0.05, 0) is 42.2 Å². The summed E-state index contributed by atoms with van der Waals surface area (Å²) in [6.45, 7) is 4.05. The van der Waals surface area contributed by atoms with Gasteiger partial charge in [0.25, 0.3) is 0 Å². The van der Waals surface area contributed by atoms with Gasteiger partial charge >= 0.3 is 0 Å². The van der Waals surface area contributed by atoms with Crippen LogP contribution in [0.3, 0.4) is 0 Å². The maximum absolute atomic E-state index is 14.4. The number of carbonyl (C=O) groups excluding carboxylic acids is 2. The summed E-state index contributed by atoms with van der Waals surface area (Å²) in [5.74, 6) is -1.03. The molecule has 0 aliphatic heterocycles. The van der Waals surface area contributed by atoms with Gasteiger partial charge in [0.1, 0.15) is 11.9 Å². The average Bonchev–Trinajstić information content (AvgIpc) is 2.84. The van der Waals surface area contributed by atoms with Crippen molar-refractivity contribution in [3.63, 3.8) is 0 Å². The second-order valence-electron chi connectivity index (χ2n) is 8.40. The third-order valence-electron chi connectivity index (χ3n) is 5.87. The van der Waals surface area contributed by atoms with Gasteiger partial charge in [0, 0.05) is 24.0 Å². The molecule has 3 aromatic rings. The molecular weight excluding hydrogens is 451 g/mol. The zero-order valence-corrected chi connectivity index (χ0v) is 20.3. The molecule has 0 fully saturated rings. The monoisotopic (exact) mass is 480 g/mol. The van der Waals surface area contributed by atoms with E-state index in [1.165, 1.54) is 11.0 Å². The Morgan fingerprint density at radius 3 is 2.21 bits per heavy atom. The molecule has 178 valence electrons. The number of nitrogens with one attached hydrogen (secondary N) is 1. The van der Waals surface area contributed by atoms with Crippen molar-refractivity contribution in [3.8, 4) is 0 Å². The van der Waals surface area contributed by atoms with Crippen LogP contribution < -0.4 is 5.32 Å². The lowest BCUT2D eigenvalue weighted by Crippen LogP contribution is -2.52. The van der Waals surface area contributed by atoms with E-state index in [1.807, 2.05) is 62.4 Å². The first kappa shape index (κ1) is 25.4. The Morgan fingerprint density at radius 2 is 1.56 bits per heavy atom. The number of carbonyl (C=O) groups is 2. The normalized spacial score (nSPS) is 12.6. The van der Waals surface area contributed by atoms with Gasteiger partial charge in [-0.25, -0.2) is 4.39 Å². The number of hydrogen-bond acceptors (Lipinski definition) is 2. The first-order valence-corrected chi connectivity index (χ1v) is 11.9. The molecule has 0 heterocycles. The van der Waals surface area contributed by atoms with E-state index in [-0.39, 0.29) is 36.4 Å². The van der Waals surface area contributed by atoms with Crippen LogP contribution in [0.4, 0.5) is 4.39 Å². The fraction of sp³-hybridized carbons (Fsp3) is 0.286. The third-order valence-corrected chi connectivity index (χ3v) is 6.24. The molecule has 0 saturated heterocycles. The summed E-state index contributed by atoms with van der Waals surface area (Å²) in [5, 5.41) is 3.53. The van der Waals surface area contributed by atoms with Crippen LogP contribution in [0.5, 0.6) is 0 Å². The van der Waals surface area contributed by atoms with Crippen molar-refractivity contribution >= 4 is 23.4 Å². The van der Waals surface area contributed by atoms with Crippen molar-refractivity contribution in [2.24, 2.45) is 0 Å². The summed E-state index contributed by atoms with van der Waals surface area (Å²) in [6, 6.07) is 22.2. The van der Waals surface area contributed by atoms with Crippen LogP contribution in [-0.2, 0) is 29.0 Å². The Labute approximate surface area is 205 Å². The lowest BCUT2D eigenvalue weighted by Gasteiger charge is -2.32. The highest BCUT2D eigenvalue weighted by atomic mass is 35.5. The number of benzene rings is 3. The summed E-state index contributed by atoms with van der Waals surface area (Å²) in [6.07, 6.45) is 0.938. The molecule has 2 amide bonds. The van der Waals surface area contributed by atoms with E-state index < -0.39 is 11.9 Å². The molecule has 1 N–H and O–H groups in total. The van der Waals surface area contributed by atoms with E-state index >= 15 is 0 Å². The molecule has 4 nitrogen and oxygen atoms in total. The molecule has 2 atom stereocenters. The molecule has 0 saturated carbocycles. The third kappa shape index (κ3) is 6.91. The number of amides is 2. The van der Waals surface area contributed by atoms with Crippen LogP contribution in [0, 0.1) is 5.82 Å². The summed E-state index contributed by atoms with van der Waals surface area (Å²) < 4.78 is 14.4. The summed E-state index contributed by atoms with van der Waals surface area (Å²) in [4.78, 5) is 28.6. The van der Waals surface area contributed by atoms with E-state index in [1.54, 1.807) is 24.3 Å². The first-order valence-electron chi connectivity index (χ1n) is 11.5. The molecular formula is C28H30ClFN2O2. The Bertz CT molecular complexity index is 1110. The molecule has 6 heteroatoms. The predicted molar refractivity (Wildman–Crippen MR) is 134 cm³/mol. The molecule has 0 bridgehead atoms. The van der Waals surface area contributed by atoms with E-state index in [2.05, 4.69) is 5.32 Å². The number of hydrogen-bond donors (Lipinski definition) is 1. The van der Waals surface area contributed by atoms with Gasteiger partial charge < -0.3 is 10.2 Å². The SMILES string of the molecule is CC[C@H](C)NC(=O)[C@H](Cc1ccccc1)N(Cc1ccccc1Cl)C(=O)Cc1ccccc1F. The van der Waals surface area contributed by atoms with Gasteiger partial charge in [0.05, 0.1) is 6.42 Å². The highest BCUT2D eigenvalue weighted by Gasteiger charge is 2.31. The molecule has 0 spiro atoms. The standard InChI is InChI=1S/C28H30ClFN2O2/c1-3-20(2)31-28(34)26(17-21-11-5-4-6-12-21)32(19-23-14-7-9-15-24(23)29)27(33)18-22-13-8-10-16-25(22)30/h4-16,20,26H,3,17-19H2,1-2H3,(H,31,34)/t20-,26-/m0/s1. The van der Waals surface area contributed by atoms with Crippen LogP contribution in [0.1, 0.15) is 37.0 Å². The number of nitrogens with zero attached hydrogens (tertiary/aromatic N) is 1. The molecule has 0 unspecified atom stereocenters. The fourth-order valence-electron chi connectivity index (χ4n) is 3.71. The largest absolute Gasteiger partial charge is 0.352 e. The van der Waals surface area contributed by atoms with Crippen LogP contribution in [0.15, 0.2) is 78.9 Å². The Kier molecular flexibility index (Phi) is 9.23. The van der Waals surface area contributed by atoms with Gasteiger partial charge in [0.15, 0.2) is 0 Å². The lowest BCUT2D eigenvalue weighted by molar-refractivity contribution is -0.141. The zero-order chi connectivity index (χ0) is 24.5. The Balaban J connectivity index is 2.00. The van der Waals surface area contributed by atoms with E-state index in [9.17, 15) is 14.0 Å². The smallest absolute Gasteiger partial charge is 0.243 e. The van der Waals surface area contributed by atoms with Crippen LogP contribution in [0.2, 0.25) is 5.02 Å². The highest BCUT2D eigenvalue weighted by molar-refractivity contribution is 6.31. The maximum Gasteiger partial charge on any atom is 0.243 e. The van der Waals surface area contributed by atoms with Crippen molar-refractivity contribution in [2.75, 3.05) is 0 Å². The molecule has 3 rings (SSSR count). The molecule has 3 aromatic carbocycles. The van der Waals surface area contributed by atoms with E-state index in [0.29, 0.717) is 11.4 Å². The number of halogens is 2. The van der Waals surface area contributed by atoms with Crippen LogP contribution >= 0.6 is 11.6 Å². The van der Waals surface area contributed by atoms with Crippen LogP contribution in [0.25, 0.3) is 0 Å². The van der Waals surface area contributed by atoms with Crippen molar-refractivity contribution < 1.29 is 14.0 Å². The van der Waals surface area contributed by atoms with Crippen molar-refractivity contribution in [3.05, 3.63) is 106 Å². The van der Waals surface area contributed by atoms with Crippen molar-refractivity contribution in [1.82, 2.24) is 10.2 Å². The summed E-state index contributed by atoms with van der Waals surface area (Å²) in [7, 11) is 0. The second-order valence-corrected chi connectivity index (χ2v) is 8.81. The second kappa shape index (κ2) is 12.3. The zero-order valence-electron chi connectivity index (χ0n) is 19.5. The fourth-order valence-corrected chi connectivity index (χ4v) is 3.91.